The first-order chi connectivity index (χ1) is 8.50. The van der Waals surface area contributed by atoms with Crippen molar-refractivity contribution in [1.82, 2.24) is 0 Å². The zero-order chi connectivity index (χ0) is 12.9. The Labute approximate surface area is 121 Å². The Morgan fingerprint density at radius 1 is 1.17 bits per heavy atom. The first-order valence-corrected chi connectivity index (χ1v) is 7.55. The summed E-state index contributed by atoms with van der Waals surface area (Å²) in [6.07, 6.45) is 1.23. The Morgan fingerprint density at radius 2 is 1.78 bits per heavy atom. The molecule has 1 aliphatic carbocycles. The van der Waals surface area contributed by atoms with E-state index >= 15 is 0 Å². The summed E-state index contributed by atoms with van der Waals surface area (Å²) in [5.74, 6) is 0.601. The van der Waals surface area contributed by atoms with Crippen LogP contribution in [0.15, 0.2) is 40.9 Å². The predicted octanol–water partition coefficient (Wildman–Crippen LogP) is 5.93. The third-order valence-electron chi connectivity index (χ3n) is 4.14. The summed E-state index contributed by atoms with van der Waals surface area (Å²) in [7, 11) is 0. The molecule has 1 saturated carbocycles. The highest BCUT2D eigenvalue weighted by Crippen LogP contribution is 2.60. The molecule has 0 amide bonds. The van der Waals surface area contributed by atoms with Crippen LogP contribution in [0.1, 0.15) is 31.2 Å². The van der Waals surface area contributed by atoms with Gasteiger partial charge in [-0.1, -0.05) is 60.1 Å². The Hall–Kier alpha value is -0.530. The van der Waals surface area contributed by atoms with Gasteiger partial charge < -0.3 is 0 Å². The molecule has 0 N–H and O–H groups in total. The summed E-state index contributed by atoms with van der Waals surface area (Å²) < 4.78 is 1.14. The van der Waals surface area contributed by atoms with E-state index < -0.39 is 0 Å². The lowest BCUT2D eigenvalue weighted by Gasteiger charge is -2.15. The average Bonchev–Trinajstić information content (AvgIpc) is 2.99. The fourth-order valence-corrected chi connectivity index (χ4v) is 3.85. The Balaban J connectivity index is 2.10. The van der Waals surface area contributed by atoms with E-state index in [9.17, 15) is 0 Å². The SMILES string of the molecule is CC1(C)CC1C(Cl)c1ccc(Br)c2ccccc12. The van der Waals surface area contributed by atoms with Gasteiger partial charge in [-0.2, -0.15) is 0 Å². The normalized spacial score (nSPS) is 23.0. The largest absolute Gasteiger partial charge is 0.117 e. The van der Waals surface area contributed by atoms with E-state index in [0.29, 0.717) is 11.3 Å². The Bertz CT molecular complexity index is 603. The van der Waals surface area contributed by atoms with Gasteiger partial charge in [-0.25, -0.2) is 0 Å². The van der Waals surface area contributed by atoms with Crippen LogP contribution in [0.25, 0.3) is 10.8 Å². The standard InChI is InChI=1S/C16H16BrCl/c1-16(2)9-13(16)15(18)12-7-8-14(17)11-6-4-3-5-10(11)12/h3-8,13,15H,9H2,1-2H3. The quantitative estimate of drug-likeness (QED) is 0.601. The molecule has 0 saturated heterocycles. The summed E-state index contributed by atoms with van der Waals surface area (Å²) in [4.78, 5) is 0. The van der Waals surface area contributed by atoms with Crippen molar-refractivity contribution < 1.29 is 0 Å². The molecule has 2 aromatic rings. The molecule has 3 rings (SSSR count). The van der Waals surface area contributed by atoms with E-state index in [2.05, 4.69) is 66.2 Å². The molecule has 2 heteroatoms. The van der Waals surface area contributed by atoms with E-state index in [4.69, 9.17) is 11.6 Å². The van der Waals surface area contributed by atoms with Gasteiger partial charge in [0.05, 0.1) is 5.38 Å². The second-order valence-corrected chi connectivity index (χ2v) is 7.21. The van der Waals surface area contributed by atoms with Crippen LogP contribution >= 0.6 is 27.5 Å². The molecule has 18 heavy (non-hydrogen) atoms. The molecule has 94 valence electrons. The molecule has 0 nitrogen and oxygen atoms in total. The van der Waals surface area contributed by atoms with Gasteiger partial charge in [0.15, 0.2) is 0 Å². The zero-order valence-electron chi connectivity index (χ0n) is 10.6. The van der Waals surface area contributed by atoms with Crippen LogP contribution in [0.3, 0.4) is 0 Å². The van der Waals surface area contributed by atoms with Gasteiger partial charge in [-0.05, 0) is 40.2 Å². The van der Waals surface area contributed by atoms with Crippen molar-refractivity contribution >= 4 is 38.3 Å². The second-order valence-electron chi connectivity index (χ2n) is 5.88. The minimum atomic E-state index is 0.123. The van der Waals surface area contributed by atoms with Crippen molar-refractivity contribution in [3.05, 3.63) is 46.4 Å². The maximum atomic E-state index is 6.70. The lowest BCUT2D eigenvalue weighted by Crippen LogP contribution is -2.00. The smallest absolute Gasteiger partial charge is 0.0624 e. The summed E-state index contributed by atoms with van der Waals surface area (Å²) in [5, 5.41) is 2.65. The van der Waals surface area contributed by atoms with Crippen molar-refractivity contribution in [2.75, 3.05) is 0 Å². The number of rotatable bonds is 2. The van der Waals surface area contributed by atoms with Crippen molar-refractivity contribution in [1.29, 1.82) is 0 Å². The summed E-state index contributed by atoms with van der Waals surface area (Å²) in [6, 6.07) is 12.7. The van der Waals surface area contributed by atoms with E-state index in [1.807, 2.05) is 0 Å². The zero-order valence-corrected chi connectivity index (χ0v) is 12.9. The Morgan fingerprint density at radius 3 is 2.39 bits per heavy atom. The number of fused-ring (bicyclic) bond motifs is 1. The lowest BCUT2D eigenvalue weighted by atomic mass is 9.97. The molecule has 0 bridgehead atoms. The molecule has 2 unspecified atom stereocenters. The maximum absolute atomic E-state index is 6.70. The van der Waals surface area contributed by atoms with Gasteiger partial charge >= 0.3 is 0 Å². The van der Waals surface area contributed by atoms with E-state index in [1.54, 1.807) is 0 Å². The van der Waals surface area contributed by atoms with Crippen LogP contribution in [0, 0.1) is 11.3 Å². The molecule has 0 radical (unpaired) electrons. The van der Waals surface area contributed by atoms with Crippen LogP contribution in [0.4, 0.5) is 0 Å². The molecule has 1 fully saturated rings. The lowest BCUT2D eigenvalue weighted by molar-refractivity contribution is 0.549. The summed E-state index contributed by atoms with van der Waals surface area (Å²) >= 11 is 10.3. The molecule has 0 aromatic heterocycles. The molecule has 0 spiro atoms. The topological polar surface area (TPSA) is 0 Å². The predicted molar refractivity (Wildman–Crippen MR) is 82.1 cm³/mol. The first kappa shape index (κ1) is 12.5. The molecule has 2 atom stereocenters. The number of hydrogen-bond acceptors (Lipinski definition) is 0. The van der Waals surface area contributed by atoms with Crippen LogP contribution in [0.2, 0.25) is 0 Å². The Kier molecular flexibility index (Phi) is 2.95. The van der Waals surface area contributed by atoms with E-state index in [1.165, 1.54) is 22.8 Å². The number of benzene rings is 2. The third kappa shape index (κ3) is 1.98. The van der Waals surface area contributed by atoms with Gasteiger partial charge in [-0.15, -0.1) is 11.6 Å². The fourth-order valence-electron chi connectivity index (χ4n) is 2.75. The minimum Gasteiger partial charge on any atom is -0.117 e. The van der Waals surface area contributed by atoms with Crippen LogP contribution < -0.4 is 0 Å². The molecular weight excluding hydrogens is 308 g/mol. The van der Waals surface area contributed by atoms with Gasteiger partial charge in [-0.3, -0.25) is 0 Å². The summed E-state index contributed by atoms with van der Waals surface area (Å²) in [5.41, 5.74) is 1.67. The van der Waals surface area contributed by atoms with Crippen LogP contribution in [0.5, 0.6) is 0 Å². The summed E-state index contributed by atoms with van der Waals surface area (Å²) in [6.45, 7) is 4.60. The molecule has 2 aromatic carbocycles. The van der Waals surface area contributed by atoms with Crippen LogP contribution in [-0.4, -0.2) is 0 Å². The van der Waals surface area contributed by atoms with Crippen molar-refractivity contribution in [2.24, 2.45) is 11.3 Å². The van der Waals surface area contributed by atoms with Gasteiger partial charge in [0.25, 0.3) is 0 Å². The van der Waals surface area contributed by atoms with Gasteiger partial charge in [0.2, 0.25) is 0 Å². The molecule has 1 aliphatic rings. The highest BCUT2D eigenvalue weighted by Gasteiger charge is 2.50. The minimum absolute atomic E-state index is 0.123. The van der Waals surface area contributed by atoms with Crippen LogP contribution in [-0.2, 0) is 0 Å². The van der Waals surface area contributed by atoms with Crippen molar-refractivity contribution in [3.63, 3.8) is 0 Å². The van der Waals surface area contributed by atoms with E-state index in [0.717, 1.165) is 4.47 Å². The first-order valence-electron chi connectivity index (χ1n) is 6.32. The fraction of sp³-hybridized carbons (Fsp3) is 0.375. The van der Waals surface area contributed by atoms with Gasteiger partial charge in [0.1, 0.15) is 0 Å². The third-order valence-corrected chi connectivity index (χ3v) is 5.38. The molecular formula is C16H16BrCl. The van der Waals surface area contributed by atoms with Crippen molar-refractivity contribution in [2.45, 2.75) is 25.6 Å². The molecule has 0 heterocycles. The highest BCUT2D eigenvalue weighted by molar-refractivity contribution is 9.10. The highest BCUT2D eigenvalue weighted by atomic mass is 79.9. The average molecular weight is 324 g/mol. The maximum Gasteiger partial charge on any atom is 0.0624 e. The van der Waals surface area contributed by atoms with Gasteiger partial charge in [0, 0.05) is 4.47 Å². The second kappa shape index (κ2) is 4.25. The van der Waals surface area contributed by atoms with Crippen molar-refractivity contribution in [3.8, 4) is 0 Å². The number of alkyl halides is 1. The van der Waals surface area contributed by atoms with E-state index in [-0.39, 0.29) is 5.38 Å². The number of hydrogen-bond donors (Lipinski definition) is 0. The number of halogens is 2. The monoisotopic (exact) mass is 322 g/mol. The molecule has 0 aliphatic heterocycles.